The van der Waals surface area contributed by atoms with E-state index < -0.39 is 21.7 Å². The van der Waals surface area contributed by atoms with Gasteiger partial charge < -0.3 is 14.5 Å². The number of ether oxygens (including phenoxy) is 1. The molecule has 198 valence electrons. The number of thiazole rings is 1. The van der Waals surface area contributed by atoms with Gasteiger partial charge in [0, 0.05) is 42.1 Å². The van der Waals surface area contributed by atoms with Crippen molar-refractivity contribution < 1.29 is 17.9 Å². The van der Waals surface area contributed by atoms with Crippen LogP contribution >= 0.6 is 11.3 Å². The van der Waals surface area contributed by atoms with Gasteiger partial charge in [0.05, 0.1) is 9.77 Å². The van der Waals surface area contributed by atoms with Gasteiger partial charge in [-0.25, -0.2) is 22.9 Å². The summed E-state index contributed by atoms with van der Waals surface area (Å²) in [7, 11) is -1.87. The molecule has 0 aliphatic carbocycles. The van der Waals surface area contributed by atoms with Crippen LogP contribution < -0.4 is 14.9 Å². The summed E-state index contributed by atoms with van der Waals surface area (Å²) in [6.07, 6.45) is 6.72. The maximum atomic E-state index is 13.4. The number of aromatic nitrogens is 1. The number of hydrogen-bond donors (Lipinski definition) is 2. The number of piperidine rings is 1. The molecule has 1 aromatic heterocycles. The molecule has 2 aliphatic rings. The Bertz CT molecular complexity index is 1170. The van der Waals surface area contributed by atoms with E-state index in [1.165, 1.54) is 23.8 Å². The minimum absolute atomic E-state index is 0.0968. The van der Waals surface area contributed by atoms with Crippen LogP contribution in [0.15, 0.2) is 29.3 Å². The molecule has 0 unspecified atom stereocenters. The molecule has 1 atom stereocenters. The fraction of sp³-hybridized carbons (Fsp3) is 0.600. The van der Waals surface area contributed by atoms with Crippen molar-refractivity contribution in [2.45, 2.75) is 69.4 Å². The van der Waals surface area contributed by atoms with Crippen molar-refractivity contribution in [1.29, 1.82) is 0 Å². The predicted molar refractivity (Wildman–Crippen MR) is 144 cm³/mol. The number of carbonyl (C=O) groups excluding carboxylic acids is 1. The van der Waals surface area contributed by atoms with Crippen molar-refractivity contribution in [2.24, 2.45) is 0 Å². The number of carbonyl (C=O) groups is 1. The van der Waals surface area contributed by atoms with Gasteiger partial charge in [-0.15, -0.1) is 0 Å². The van der Waals surface area contributed by atoms with E-state index in [0.29, 0.717) is 17.9 Å². The van der Waals surface area contributed by atoms with Gasteiger partial charge in [0.2, 0.25) is 10.0 Å². The van der Waals surface area contributed by atoms with Crippen LogP contribution in [0.2, 0.25) is 0 Å². The average Bonchev–Trinajstić information content (AvgIpc) is 3.46. The lowest BCUT2D eigenvalue weighted by Gasteiger charge is -2.25. The molecular weight excluding hydrogens is 498 g/mol. The van der Waals surface area contributed by atoms with Crippen LogP contribution in [-0.2, 0) is 14.8 Å². The molecule has 4 rings (SSSR count). The number of hydrogen-bond acceptors (Lipinski definition) is 8. The highest BCUT2D eigenvalue weighted by molar-refractivity contribution is 7.89. The summed E-state index contributed by atoms with van der Waals surface area (Å²) < 4.78 is 35.0. The average molecular weight is 536 g/mol. The van der Waals surface area contributed by atoms with E-state index >= 15 is 0 Å². The maximum absolute atomic E-state index is 13.4. The maximum Gasteiger partial charge on any atom is 0.411 e. The van der Waals surface area contributed by atoms with Crippen molar-refractivity contribution >= 4 is 38.3 Å². The quantitative estimate of drug-likeness (QED) is 0.537. The Labute approximate surface area is 218 Å². The Balaban J connectivity index is 1.58. The van der Waals surface area contributed by atoms with Crippen LogP contribution in [0, 0.1) is 0 Å². The van der Waals surface area contributed by atoms with E-state index in [-0.39, 0.29) is 10.9 Å². The van der Waals surface area contributed by atoms with Gasteiger partial charge in [-0.3, -0.25) is 5.32 Å². The lowest BCUT2D eigenvalue weighted by Crippen LogP contribution is -2.40. The molecule has 3 heterocycles. The Kier molecular flexibility index (Phi) is 8.23. The first kappa shape index (κ1) is 26.8. The minimum Gasteiger partial charge on any atom is -0.448 e. The van der Waals surface area contributed by atoms with E-state index in [2.05, 4.69) is 24.8 Å². The Hall–Kier alpha value is -2.21. The van der Waals surface area contributed by atoms with Crippen molar-refractivity contribution in [3.05, 3.63) is 24.4 Å². The Morgan fingerprint density at radius 3 is 2.58 bits per heavy atom. The predicted octanol–water partition coefficient (Wildman–Crippen LogP) is 4.52. The molecule has 1 amide bonds. The second kappa shape index (κ2) is 11.0. The summed E-state index contributed by atoms with van der Waals surface area (Å²) in [4.78, 5) is 22.4. The van der Waals surface area contributed by atoms with Crippen LogP contribution in [0.5, 0.6) is 0 Å². The monoisotopic (exact) mass is 535 g/mol. The number of sulfonamides is 1. The van der Waals surface area contributed by atoms with E-state index in [9.17, 15) is 13.2 Å². The van der Waals surface area contributed by atoms with Crippen LogP contribution in [0.1, 0.15) is 52.9 Å². The fourth-order valence-electron chi connectivity index (χ4n) is 4.62. The zero-order valence-electron chi connectivity index (χ0n) is 21.5. The lowest BCUT2D eigenvalue weighted by molar-refractivity contribution is 0.127. The molecule has 11 heteroatoms. The minimum atomic E-state index is -3.89. The first-order valence-electron chi connectivity index (χ1n) is 12.5. The lowest BCUT2D eigenvalue weighted by atomic mass is 10.1. The smallest absolute Gasteiger partial charge is 0.411 e. The second-order valence-electron chi connectivity index (χ2n) is 10.6. The first-order chi connectivity index (χ1) is 17.0. The molecule has 2 saturated heterocycles. The third-order valence-electron chi connectivity index (χ3n) is 6.42. The largest absolute Gasteiger partial charge is 0.448 e. The number of amides is 1. The topological polar surface area (TPSA) is 104 Å². The van der Waals surface area contributed by atoms with Gasteiger partial charge in [-0.2, -0.15) is 0 Å². The van der Waals surface area contributed by atoms with E-state index in [1.807, 2.05) is 7.05 Å². The summed E-state index contributed by atoms with van der Waals surface area (Å²) in [5.74, 6) is 0. The number of nitrogens with zero attached hydrogens (tertiary/aromatic N) is 3. The number of nitrogens with one attached hydrogen (secondary N) is 2. The fourth-order valence-corrected chi connectivity index (χ4v) is 7.36. The van der Waals surface area contributed by atoms with Gasteiger partial charge in [-0.05, 0) is 78.6 Å². The van der Waals surface area contributed by atoms with Gasteiger partial charge in [0.1, 0.15) is 6.61 Å². The number of rotatable bonds is 7. The zero-order valence-corrected chi connectivity index (χ0v) is 23.2. The molecule has 2 N–H and O–H groups in total. The summed E-state index contributed by atoms with van der Waals surface area (Å²) in [6, 6.07) is 5.14. The number of likely N-dealkylation sites (tertiary alicyclic amines) is 1. The van der Waals surface area contributed by atoms with Crippen molar-refractivity contribution in [1.82, 2.24) is 14.6 Å². The van der Waals surface area contributed by atoms with Gasteiger partial charge in [-0.1, -0.05) is 17.4 Å². The van der Waals surface area contributed by atoms with Crippen molar-refractivity contribution in [2.75, 3.05) is 43.5 Å². The number of anilines is 2. The summed E-state index contributed by atoms with van der Waals surface area (Å²) in [5, 5.41) is 3.60. The first-order valence-corrected chi connectivity index (χ1v) is 14.8. The highest BCUT2D eigenvalue weighted by Gasteiger charge is 2.27. The molecule has 36 heavy (non-hydrogen) atoms. The van der Waals surface area contributed by atoms with Crippen LogP contribution in [0.4, 0.5) is 15.6 Å². The number of benzene rings is 1. The molecule has 0 spiro atoms. The van der Waals surface area contributed by atoms with Gasteiger partial charge >= 0.3 is 6.09 Å². The summed E-state index contributed by atoms with van der Waals surface area (Å²) >= 11 is 1.49. The standard InChI is InChI=1S/C25H37N5O4S2/c1-25(2,3)28-36(32,33)22-15-18(27-24(31)34-17-19-9-8-12-29(19)4)10-11-20(22)21-16-26-23(35-21)30-13-6-5-7-14-30/h10-11,15-16,19,28H,5-9,12-14,17H2,1-4H3,(H,27,31)/t19-/m0/s1. The Morgan fingerprint density at radius 2 is 1.92 bits per heavy atom. The zero-order chi connectivity index (χ0) is 25.9. The molecule has 2 fully saturated rings. The Morgan fingerprint density at radius 1 is 1.17 bits per heavy atom. The summed E-state index contributed by atoms with van der Waals surface area (Å²) in [5.41, 5.74) is 0.246. The number of likely N-dealkylation sites (N-methyl/N-ethyl adjacent to an activating group) is 1. The highest BCUT2D eigenvalue weighted by Crippen LogP contribution is 2.37. The van der Waals surface area contributed by atoms with Gasteiger partial charge in [0.25, 0.3) is 0 Å². The molecular formula is C25H37N5O4S2. The van der Waals surface area contributed by atoms with E-state index in [4.69, 9.17) is 4.74 Å². The third-order valence-corrected chi connectivity index (χ3v) is 9.31. The van der Waals surface area contributed by atoms with Gasteiger partial charge in [0.15, 0.2) is 5.13 Å². The molecule has 0 saturated carbocycles. The van der Waals surface area contributed by atoms with Crippen molar-refractivity contribution in [3.63, 3.8) is 0 Å². The van der Waals surface area contributed by atoms with Crippen LogP contribution in [-0.4, -0.2) is 69.3 Å². The van der Waals surface area contributed by atoms with Crippen LogP contribution in [0.3, 0.4) is 0 Å². The molecule has 2 aliphatic heterocycles. The van der Waals surface area contributed by atoms with E-state index in [1.54, 1.807) is 39.1 Å². The van der Waals surface area contributed by atoms with E-state index in [0.717, 1.165) is 55.3 Å². The normalized spacial score (nSPS) is 19.4. The van der Waals surface area contributed by atoms with Crippen molar-refractivity contribution in [3.8, 4) is 10.4 Å². The third kappa shape index (κ3) is 6.76. The molecule has 0 bridgehead atoms. The SMILES string of the molecule is CN1CCC[C@H]1COC(=O)Nc1ccc(-c2cnc(N3CCCCC3)s2)c(S(=O)(=O)NC(C)(C)C)c1. The highest BCUT2D eigenvalue weighted by atomic mass is 32.2. The summed E-state index contributed by atoms with van der Waals surface area (Å²) in [6.45, 7) is 8.62. The van der Waals surface area contributed by atoms with Crippen LogP contribution in [0.25, 0.3) is 10.4 Å². The molecule has 0 radical (unpaired) electrons. The second-order valence-corrected chi connectivity index (χ2v) is 13.3. The molecule has 2 aromatic rings. The molecule has 9 nitrogen and oxygen atoms in total. The molecule has 1 aromatic carbocycles.